The molecule has 1 amide bonds. The van der Waals surface area contributed by atoms with Gasteiger partial charge in [-0.3, -0.25) is 4.79 Å². The van der Waals surface area contributed by atoms with Gasteiger partial charge in [-0.05, 0) is 56.5 Å². The predicted molar refractivity (Wildman–Crippen MR) is 102 cm³/mol. The van der Waals surface area contributed by atoms with Gasteiger partial charge in [0, 0.05) is 7.11 Å². The van der Waals surface area contributed by atoms with Gasteiger partial charge in [0.25, 0.3) is 5.91 Å². The number of carbonyl (C=O) groups is 1. The van der Waals surface area contributed by atoms with Crippen molar-refractivity contribution in [2.24, 2.45) is 5.92 Å². The lowest BCUT2D eigenvalue weighted by atomic mass is 9.90. The fourth-order valence-electron chi connectivity index (χ4n) is 3.10. The monoisotopic (exact) mass is 364 g/mol. The van der Waals surface area contributed by atoms with Crippen LogP contribution >= 0.6 is 0 Å². The predicted octanol–water partition coefficient (Wildman–Crippen LogP) is 2.68. The van der Waals surface area contributed by atoms with E-state index in [1.54, 1.807) is 14.2 Å². The van der Waals surface area contributed by atoms with E-state index in [2.05, 4.69) is 24.5 Å². The molecule has 146 valence electrons. The fourth-order valence-corrected chi connectivity index (χ4v) is 3.10. The Bertz CT molecular complexity index is 597. The molecular weight excluding hydrogens is 332 g/mol. The van der Waals surface area contributed by atoms with Crippen LogP contribution < -0.4 is 20.1 Å². The van der Waals surface area contributed by atoms with Crippen molar-refractivity contribution in [3.63, 3.8) is 0 Å². The number of methoxy groups -OCH3 is 2. The molecule has 0 aliphatic carbocycles. The zero-order chi connectivity index (χ0) is 19.2. The smallest absolute Gasteiger partial charge is 0.252 e. The van der Waals surface area contributed by atoms with Gasteiger partial charge in [0.15, 0.2) is 11.5 Å². The fraction of sp³-hybridized carbons (Fsp3) is 0.650. The second kappa shape index (κ2) is 9.24. The average Bonchev–Trinajstić information content (AvgIpc) is 2.66. The van der Waals surface area contributed by atoms with E-state index in [-0.39, 0.29) is 11.9 Å². The number of piperidine rings is 1. The van der Waals surface area contributed by atoms with Crippen molar-refractivity contribution < 1.29 is 19.0 Å². The molecule has 0 saturated carbocycles. The normalized spacial score (nSPS) is 17.6. The minimum atomic E-state index is -0.746. The lowest BCUT2D eigenvalue weighted by Crippen LogP contribution is -2.54. The third kappa shape index (κ3) is 4.89. The Hall–Kier alpha value is -1.79. The summed E-state index contributed by atoms with van der Waals surface area (Å²) in [6.45, 7) is 8.37. The SMILES string of the molecule is COc1cc(C(C)NC(=O)C2(OC)CCNCC2)ccc1OCC(C)C. The Morgan fingerprint density at radius 2 is 1.88 bits per heavy atom. The number of benzene rings is 1. The van der Waals surface area contributed by atoms with Crippen molar-refractivity contribution in [2.75, 3.05) is 33.9 Å². The van der Waals surface area contributed by atoms with Crippen LogP contribution in [-0.4, -0.2) is 45.4 Å². The number of hydrogen-bond donors (Lipinski definition) is 2. The molecule has 2 rings (SSSR count). The van der Waals surface area contributed by atoms with Gasteiger partial charge in [-0.2, -0.15) is 0 Å². The van der Waals surface area contributed by atoms with Gasteiger partial charge in [-0.25, -0.2) is 0 Å². The molecule has 0 bridgehead atoms. The molecule has 1 fully saturated rings. The molecule has 6 heteroatoms. The first kappa shape index (κ1) is 20.5. The number of carbonyl (C=O) groups excluding carboxylic acids is 1. The van der Waals surface area contributed by atoms with Crippen molar-refractivity contribution in [2.45, 2.75) is 45.3 Å². The van der Waals surface area contributed by atoms with Crippen LogP contribution in [0.2, 0.25) is 0 Å². The molecule has 1 aromatic carbocycles. The Labute approximate surface area is 156 Å². The van der Waals surface area contributed by atoms with Crippen LogP contribution in [0.4, 0.5) is 0 Å². The highest BCUT2D eigenvalue weighted by Crippen LogP contribution is 2.31. The zero-order valence-electron chi connectivity index (χ0n) is 16.6. The van der Waals surface area contributed by atoms with E-state index >= 15 is 0 Å². The summed E-state index contributed by atoms with van der Waals surface area (Å²) in [6.07, 6.45) is 1.35. The molecule has 1 aromatic rings. The molecule has 1 heterocycles. The summed E-state index contributed by atoms with van der Waals surface area (Å²) in [4.78, 5) is 12.8. The Morgan fingerprint density at radius 3 is 2.46 bits per heavy atom. The lowest BCUT2D eigenvalue weighted by Gasteiger charge is -2.35. The molecule has 1 atom stereocenters. The number of rotatable bonds is 8. The molecule has 2 N–H and O–H groups in total. The average molecular weight is 364 g/mol. The lowest BCUT2D eigenvalue weighted by molar-refractivity contribution is -0.147. The first-order chi connectivity index (χ1) is 12.4. The minimum absolute atomic E-state index is 0.0619. The standard InChI is InChI=1S/C20H32N2O4/c1-14(2)13-26-17-7-6-16(12-18(17)24-4)15(3)22-19(23)20(25-5)8-10-21-11-9-20/h6-7,12,14-15,21H,8-11,13H2,1-5H3,(H,22,23). The van der Waals surface area contributed by atoms with Crippen LogP contribution in [0, 0.1) is 5.92 Å². The van der Waals surface area contributed by atoms with Crippen LogP contribution in [0.15, 0.2) is 18.2 Å². The molecule has 6 nitrogen and oxygen atoms in total. The van der Waals surface area contributed by atoms with E-state index in [0.29, 0.717) is 31.1 Å². The summed E-state index contributed by atoms with van der Waals surface area (Å²) >= 11 is 0. The number of amides is 1. The molecular formula is C20H32N2O4. The summed E-state index contributed by atoms with van der Waals surface area (Å²) in [5.74, 6) is 1.77. The van der Waals surface area contributed by atoms with Crippen molar-refractivity contribution in [1.29, 1.82) is 0 Å². The van der Waals surface area contributed by atoms with Gasteiger partial charge < -0.3 is 24.8 Å². The molecule has 0 aromatic heterocycles. The summed E-state index contributed by atoms with van der Waals surface area (Å²) in [5, 5.41) is 6.35. The first-order valence-electron chi connectivity index (χ1n) is 9.29. The van der Waals surface area contributed by atoms with Gasteiger partial charge in [0.1, 0.15) is 5.60 Å². The van der Waals surface area contributed by atoms with E-state index in [0.717, 1.165) is 24.4 Å². The quantitative estimate of drug-likeness (QED) is 0.742. The molecule has 0 radical (unpaired) electrons. The van der Waals surface area contributed by atoms with Crippen molar-refractivity contribution >= 4 is 5.91 Å². The Balaban J connectivity index is 2.08. The summed E-state index contributed by atoms with van der Waals surface area (Å²) in [7, 11) is 3.24. The van der Waals surface area contributed by atoms with Gasteiger partial charge in [-0.1, -0.05) is 19.9 Å². The summed E-state index contributed by atoms with van der Waals surface area (Å²) in [6, 6.07) is 5.63. The van der Waals surface area contributed by atoms with E-state index in [1.165, 1.54) is 0 Å². The second-order valence-electron chi connectivity index (χ2n) is 7.26. The highest BCUT2D eigenvalue weighted by Gasteiger charge is 2.40. The van der Waals surface area contributed by atoms with E-state index < -0.39 is 5.60 Å². The van der Waals surface area contributed by atoms with Crippen molar-refractivity contribution in [3.8, 4) is 11.5 Å². The van der Waals surface area contributed by atoms with Gasteiger partial charge in [-0.15, -0.1) is 0 Å². The summed E-state index contributed by atoms with van der Waals surface area (Å²) < 4.78 is 16.9. The van der Waals surface area contributed by atoms with Crippen LogP contribution in [0.3, 0.4) is 0 Å². The molecule has 0 spiro atoms. The highest BCUT2D eigenvalue weighted by atomic mass is 16.5. The maximum absolute atomic E-state index is 12.8. The van der Waals surface area contributed by atoms with Crippen LogP contribution in [0.5, 0.6) is 11.5 Å². The zero-order valence-corrected chi connectivity index (χ0v) is 16.6. The van der Waals surface area contributed by atoms with Gasteiger partial charge in [0.05, 0.1) is 19.8 Å². The van der Waals surface area contributed by atoms with Crippen LogP contribution in [-0.2, 0) is 9.53 Å². The topological polar surface area (TPSA) is 68.8 Å². The third-order valence-corrected chi connectivity index (χ3v) is 4.82. The van der Waals surface area contributed by atoms with Crippen molar-refractivity contribution in [1.82, 2.24) is 10.6 Å². The molecule has 1 aliphatic heterocycles. The molecule has 1 unspecified atom stereocenters. The van der Waals surface area contributed by atoms with Crippen molar-refractivity contribution in [3.05, 3.63) is 23.8 Å². The maximum Gasteiger partial charge on any atom is 0.252 e. The number of ether oxygens (including phenoxy) is 3. The molecule has 1 saturated heterocycles. The number of nitrogens with one attached hydrogen (secondary N) is 2. The van der Waals surface area contributed by atoms with Crippen LogP contribution in [0.1, 0.15) is 45.2 Å². The van der Waals surface area contributed by atoms with Gasteiger partial charge in [0.2, 0.25) is 0 Å². The van der Waals surface area contributed by atoms with E-state index in [4.69, 9.17) is 14.2 Å². The largest absolute Gasteiger partial charge is 0.493 e. The van der Waals surface area contributed by atoms with E-state index in [1.807, 2.05) is 25.1 Å². The third-order valence-electron chi connectivity index (χ3n) is 4.82. The molecule has 1 aliphatic rings. The Morgan fingerprint density at radius 1 is 1.19 bits per heavy atom. The van der Waals surface area contributed by atoms with Crippen LogP contribution in [0.25, 0.3) is 0 Å². The number of hydrogen-bond acceptors (Lipinski definition) is 5. The first-order valence-corrected chi connectivity index (χ1v) is 9.29. The minimum Gasteiger partial charge on any atom is -0.493 e. The maximum atomic E-state index is 12.8. The second-order valence-corrected chi connectivity index (χ2v) is 7.26. The summed E-state index contributed by atoms with van der Waals surface area (Å²) in [5.41, 5.74) is 0.219. The highest BCUT2D eigenvalue weighted by molar-refractivity contribution is 5.85. The Kier molecular flexibility index (Phi) is 7.29. The molecule has 26 heavy (non-hydrogen) atoms. The van der Waals surface area contributed by atoms with E-state index in [9.17, 15) is 4.79 Å². The van der Waals surface area contributed by atoms with Gasteiger partial charge >= 0.3 is 0 Å².